The average Bonchev–Trinajstić information content (AvgIpc) is 2.71. The van der Waals surface area contributed by atoms with Crippen LogP contribution in [0.5, 0.6) is 0 Å². The first-order valence-corrected chi connectivity index (χ1v) is 9.54. The fourth-order valence-corrected chi connectivity index (χ4v) is 3.86. The Morgan fingerprint density at radius 3 is 2.08 bits per heavy atom. The van der Waals surface area contributed by atoms with Crippen molar-refractivity contribution in [2.75, 3.05) is 6.54 Å². The van der Waals surface area contributed by atoms with Crippen molar-refractivity contribution in [3.05, 3.63) is 96.1 Å². The summed E-state index contributed by atoms with van der Waals surface area (Å²) >= 11 is 0. The zero-order valence-electron chi connectivity index (χ0n) is 15.3. The van der Waals surface area contributed by atoms with Crippen LogP contribution in [0.15, 0.2) is 84.9 Å². The fourth-order valence-electron chi connectivity index (χ4n) is 3.86. The quantitative estimate of drug-likeness (QED) is 0.436. The molecule has 0 spiro atoms. The molecule has 4 aromatic carbocycles. The van der Waals surface area contributed by atoms with Gasteiger partial charge in [0.25, 0.3) is 0 Å². The van der Waals surface area contributed by atoms with Crippen LogP contribution in [-0.2, 0) is 6.42 Å². The predicted octanol–water partition coefficient (Wildman–Crippen LogP) is 6.28. The Balaban J connectivity index is 1.77. The molecule has 1 N–H and O–H groups in total. The van der Waals surface area contributed by atoms with Gasteiger partial charge in [0.2, 0.25) is 0 Å². The van der Waals surface area contributed by atoms with Crippen LogP contribution in [0.2, 0.25) is 0 Å². The third-order valence-corrected chi connectivity index (χ3v) is 5.14. The molecule has 0 heterocycles. The van der Waals surface area contributed by atoms with Crippen molar-refractivity contribution in [3.8, 4) is 0 Å². The van der Waals surface area contributed by atoms with E-state index in [1.807, 2.05) is 0 Å². The Morgan fingerprint density at radius 1 is 0.692 bits per heavy atom. The van der Waals surface area contributed by atoms with Gasteiger partial charge in [-0.25, -0.2) is 0 Å². The minimum absolute atomic E-state index is 0.312. The van der Waals surface area contributed by atoms with Gasteiger partial charge in [0.1, 0.15) is 0 Å². The highest BCUT2D eigenvalue weighted by molar-refractivity contribution is 5.87. The van der Waals surface area contributed by atoms with E-state index in [1.165, 1.54) is 32.7 Å². The smallest absolute Gasteiger partial charge is 0.0367 e. The number of rotatable bonds is 6. The number of hydrogen-bond acceptors (Lipinski definition) is 1. The zero-order valence-corrected chi connectivity index (χ0v) is 15.3. The highest BCUT2D eigenvalue weighted by Gasteiger charge is 2.15. The molecule has 130 valence electrons. The monoisotopic (exact) mass is 339 g/mol. The van der Waals surface area contributed by atoms with Crippen LogP contribution >= 0.6 is 0 Å². The zero-order chi connectivity index (χ0) is 17.8. The van der Waals surface area contributed by atoms with E-state index in [0.29, 0.717) is 6.04 Å². The van der Waals surface area contributed by atoms with Gasteiger partial charge in [0, 0.05) is 6.04 Å². The van der Waals surface area contributed by atoms with E-state index in [2.05, 4.69) is 97.2 Å². The van der Waals surface area contributed by atoms with Crippen LogP contribution in [0, 0.1) is 0 Å². The Morgan fingerprint density at radius 2 is 1.31 bits per heavy atom. The van der Waals surface area contributed by atoms with Crippen molar-refractivity contribution >= 4 is 21.5 Å². The van der Waals surface area contributed by atoms with Gasteiger partial charge in [-0.05, 0) is 52.1 Å². The average molecular weight is 339 g/mol. The molecule has 1 atom stereocenters. The molecule has 26 heavy (non-hydrogen) atoms. The summed E-state index contributed by atoms with van der Waals surface area (Å²) in [6.07, 6.45) is 2.13. The van der Waals surface area contributed by atoms with Crippen LogP contribution < -0.4 is 5.32 Å². The molecular formula is C25H25N. The summed E-state index contributed by atoms with van der Waals surface area (Å²) < 4.78 is 0. The lowest BCUT2D eigenvalue weighted by Crippen LogP contribution is -2.24. The van der Waals surface area contributed by atoms with Crippen molar-refractivity contribution in [1.82, 2.24) is 5.32 Å². The molecule has 0 radical (unpaired) electrons. The Kier molecular flexibility index (Phi) is 4.99. The standard InChI is InChI=1S/C25H25N/c1-2-17-26-25(24-16-8-12-20-10-4-6-15-23(20)24)18-21-13-7-11-19-9-3-5-14-22(19)21/h3-16,25-26H,2,17-18H2,1H3. The lowest BCUT2D eigenvalue weighted by molar-refractivity contribution is 0.533. The van der Waals surface area contributed by atoms with Crippen molar-refractivity contribution in [2.45, 2.75) is 25.8 Å². The second-order valence-electron chi connectivity index (χ2n) is 6.92. The Labute approximate surface area is 155 Å². The molecule has 4 rings (SSSR count). The van der Waals surface area contributed by atoms with Gasteiger partial charge in [-0.15, -0.1) is 0 Å². The van der Waals surface area contributed by atoms with E-state index in [-0.39, 0.29) is 0 Å². The van der Waals surface area contributed by atoms with Crippen LogP contribution in [-0.4, -0.2) is 6.54 Å². The number of nitrogens with one attached hydrogen (secondary N) is 1. The second-order valence-corrected chi connectivity index (χ2v) is 6.92. The maximum Gasteiger partial charge on any atom is 0.0367 e. The number of fused-ring (bicyclic) bond motifs is 2. The molecule has 1 unspecified atom stereocenters. The van der Waals surface area contributed by atoms with Gasteiger partial charge in [-0.1, -0.05) is 91.9 Å². The first-order valence-electron chi connectivity index (χ1n) is 9.54. The summed E-state index contributed by atoms with van der Waals surface area (Å²) in [6, 6.07) is 31.0. The van der Waals surface area contributed by atoms with Crippen LogP contribution in [0.25, 0.3) is 21.5 Å². The summed E-state index contributed by atoms with van der Waals surface area (Å²) in [4.78, 5) is 0. The molecule has 0 aromatic heterocycles. The molecule has 0 bridgehead atoms. The third kappa shape index (κ3) is 3.36. The van der Waals surface area contributed by atoms with E-state index in [9.17, 15) is 0 Å². The highest BCUT2D eigenvalue weighted by atomic mass is 14.9. The SMILES string of the molecule is CCCNC(Cc1cccc2ccccc12)c1cccc2ccccc12. The molecule has 0 amide bonds. The van der Waals surface area contributed by atoms with Crippen molar-refractivity contribution in [1.29, 1.82) is 0 Å². The van der Waals surface area contributed by atoms with Gasteiger partial charge in [0.05, 0.1) is 0 Å². The van der Waals surface area contributed by atoms with Gasteiger partial charge in [-0.2, -0.15) is 0 Å². The van der Waals surface area contributed by atoms with Crippen LogP contribution in [0.3, 0.4) is 0 Å². The fraction of sp³-hybridized carbons (Fsp3) is 0.200. The van der Waals surface area contributed by atoms with E-state index in [1.54, 1.807) is 0 Å². The summed E-state index contributed by atoms with van der Waals surface area (Å²) in [5, 5.41) is 9.13. The van der Waals surface area contributed by atoms with Gasteiger partial charge < -0.3 is 5.32 Å². The van der Waals surface area contributed by atoms with E-state index in [4.69, 9.17) is 0 Å². The molecule has 1 nitrogen and oxygen atoms in total. The van der Waals surface area contributed by atoms with Gasteiger partial charge >= 0.3 is 0 Å². The molecule has 0 saturated heterocycles. The van der Waals surface area contributed by atoms with Crippen LogP contribution in [0.4, 0.5) is 0 Å². The van der Waals surface area contributed by atoms with Crippen molar-refractivity contribution < 1.29 is 0 Å². The van der Waals surface area contributed by atoms with E-state index >= 15 is 0 Å². The summed E-state index contributed by atoms with van der Waals surface area (Å²) in [5.41, 5.74) is 2.80. The maximum atomic E-state index is 3.79. The van der Waals surface area contributed by atoms with Crippen LogP contribution in [0.1, 0.15) is 30.5 Å². The molecule has 0 saturated carbocycles. The van der Waals surface area contributed by atoms with Gasteiger partial charge in [-0.3, -0.25) is 0 Å². The first-order chi connectivity index (χ1) is 12.9. The molecule has 4 aromatic rings. The second kappa shape index (κ2) is 7.72. The summed E-state index contributed by atoms with van der Waals surface area (Å²) in [6.45, 7) is 3.25. The molecule has 0 aliphatic heterocycles. The van der Waals surface area contributed by atoms with Gasteiger partial charge in [0.15, 0.2) is 0 Å². The first kappa shape index (κ1) is 16.8. The highest BCUT2D eigenvalue weighted by Crippen LogP contribution is 2.29. The number of hydrogen-bond donors (Lipinski definition) is 1. The molecule has 0 fully saturated rings. The van der Waals surface area contributed by atoms with E-state index in [0.717, 1.165) is 19.4 Å². The number of benzene rings is 4. The maximum absolute atomic E-state index is 3.79. The summed E-state index contributed by atoms with van der Waals surface area (Å²) in [7, 11) is 0. The largest absolute Gasteiger partial charge is 0.310 e. The van der Waals surface area contributed by atoms with E-state index < -0.39 is 0 Å². The van der Waals surface area contributed by atoms with Crippen molar-refractivity contribution in [3.63, 3.8) is 0 Å². The minimum atomic E-state index is 0.312. The molecule has 1 heteroatoms. The lowest BCUT2D eigenvalue weighted by Gasteiger charge is -2.22. The Hall–Kier alpha value is -2.64. The third-order valence-electron chi connectivity index (χ3n) is 5.14. The molecule has 0 aliphatic carbocycles. The molecule has 0 aliphatic rings. The topological polar surface area (TPSA) is 12.0 Å². The van der Waals surface area contributed by atoms with Crippen molar-refractivity contribution in [2.24, 2.45) is 0 Å². The molecular weight excluding hydrogens is 314 g/mol. The predicted molar refractivity (Wildman–Crippen MR) is 113 cm³/mol. The lowest BCUT2D eigenvalue weighted by atomic mass is 9.92. The normalized spacial score (nSPS) is 12.5. The Bertz CT molecular complexity index is 1010. The minimum Gasteiger partial charge on any atom is -0.310 e. The summed E-state index contributed by atoms with van der Waals surface area (Å²) in [5.74, 6) is 0.